The van der Waals surface area contributed by atoms with Crippen LogP contribution in [0.1, 0.15) is 18.3 Å². The lowest BCUT2D eigenvalue weighted by Gasteiger charge is -2.08. The molecular formula is C15H14N4O2S. The van der Waals surface area contributed by atoms with Crippen LogP contribution in [0.5, 0.6) is 0 Å². The van der Waals surface area contributed by atoms with Crippen molar-refractivity contribution in [3.63, 3.8) is 0 Å². The molecule has 0 radical (unpaired) electrons. The summed E-state index contributed by atoms with van der Waals surface area (Å²) in [7, 11) is 0. The van der Waals surface area contributed by atoms with E-state index < -0.39 is 0 Å². The van der Waals surface area contributed by atoms with Gasteiger partial charge in [0, 0.05) is 25.1 Å². The van der Waals surface area contributed by atoms with E-state index >= 15 is 0 Å². The number of aryl methyl sites for hydroxylation is 1. The number of benzene rings is 1. The SMILES string of the molecule is CCc1nc(NCc2cccc([N+](=O)[O-])c2)c2ccsc2n1. The second kappa shape index (κ2) is 6.07. The van der Waals surface area contributed by atoms with E-state index in [0.29, 0.717) is 6.54 Å². The Kier molecular flexibility index (Phi) is 3.97. The van der Waals surface area contributed by atoms with Gasteiger partial charge in [-0.15, -0.1) is 11.3 Å². The normalized spacial score (nSPS) is 10.8. The van der Waals surface area contributed by atoms with Crippen molar-refractivity contribution >= 4 is 33.1 Å². The van der Waals surface area contributed by atoms with Crippen molar-refractivity contribution in [1.29, 1.82) is 0 Å². The van der Waals surface area contributed by atoms with Crippen molar-refractivity contribution in [3.8, 4) is 0 Å². The molecule has 0 aliphatic rings. The van der Waals surface area contributed by atoms with Crippen LogP contribution in [0.4, 0.5) is 11.5 Å². The number of nitro groups is 1. The fourth-order valence-corrected chi connectivity index (χ4v) is 2.94. The Morgan fingerprint density at radius 1 is 1.32 bits per heavy atom. The van der Waals surface area contributed by atoms with Crippen LogP contribution in [-0.4, -0.2) is 14.9 Å². The molecule has 3 aromatic rings. The quantitative estimate of drug-likeness (QED) is 0.572. The summed E-state index contributed by atoms with van der Waals surface area (Å²) in [5.74, 6) is 1.56. The van der Waals surface area contributed by atoms with Gasteiger partial charge in [-0.05, 0) is 17.0 Å². The summed E-state index contributed by atoms with van der Waals surface area (Å²) in [6, 6.07) is 8.58. The molecule has 1 aromatic carbocycles. The van der Waals surface area contributed by atoms with Gasteiger partial charge >= 0.3 is 0 Å². The van der Waals surface area contributed by atoms with Gasteiger partial charge in [0.15, 0.2) is 0 Å². The number of hydrogen-bond donors (Lipinski definition) is 1. The molecule has 1 N–H and O–H groups in total. The monoisotopic (exact) mass is 314 g/mol. The molecule has 2 aromatic heterocycles. The Hall–Kier alpha value is -2.54. The zero-order chi connectivity index (χ0) is 15.5. The Bertz CT molecular complexity index is 831. The van der Waals surface area contributed by atoms with Crippen LogP contribution in [0.15, 0.2) is 35.7 Å². The Morgan fingerprint density at radius 3 is 2.95 bits per heavy atom. The highest BCUT2D eigenvalue weighted by atomic mass is 32.1. The number of anilines is 1. The predicted molar refractivity (Wildman–Crippen MR) is 87.2 cm³/mol. The fourth-order valence-electron chi connectivity index (χ4n) is 2.16. The van der Waals surface area contributed by atoms with Crippen LogP contribution < -0.4 is 5.32 Å². The van der Waals surface area contributed by atoms with Gasteiger partial charge < -0.3 is 5.32 Å². The minimum absolute atomic E-state index is 0.0944. The second-order valence-corrected chi connectivity index (χ2v) is 5.66. The Balaban J connectivity index is 1.86. The Labute approximate surface area is 131 Å². The first-order valence-corrected chi connectivity index (χ1v) is 7.76. The van der Waals surface area contributed by atoms with Crippen molar-refractivity contribution in [2.24, 2.45) is 0 Å². The number of fused-ring (bicyclic) bond motifs is 1. The Morgan fingerprint density at radius 2 is 2.18 bits per heavy atom. The maximum absolute atomic E-state index is 10.8. The molecule has 2 heterocycles. The first-order chi connectivity index (χ1) is 10.7. The third kappa shape index (κ3) is 2.89. The van der Waals surface area contributed by atoms with Gasteiger partial charge in [-0.25, -0.2) is 9.97 Å². The lowest BCUT2D eigenvalue weighted by Crippen LogP contribution is -2.05. The smallest absolute Gasteiger partial charge is 0.269 e. The predicted octanol–water partition coefficient (Wildman–Crippen LogP) is 3.77. The van der Waals surface area contributed by atoms with E-state index in [1.54, 1.807) is 23.5 Å². The minimum atomic E-state index is -0.388. The van der Waals surface area contributed by atoms with Crippen LogP contribution in [0, 0.1) is 10.1 Å². The van der Waals surface area contributed by atoms with Gasteiger partial charge in [-0.1, -0.05) is 19.1 Å². The molecule has 112 valence electrons. The van der Waals surface area contributed by atoms with Gasteiger partial charge in [0.25, 0.3) is 5.69 Å². The molecule has 0 saturated carbocycles. The topological polar surface area (TPSA) is 81.0 Å². The summed E-state index contributed by atoms with van der Waals surface area (Å²) in [4.78, 5) is 20.4. The molecule has 0 unspecified atom stereocenters. The summed E-state index contributed by atoms with van der Waals surface area (Å²) in [5, 5.41) is 17.0. The minimum Gasteiger partial charge on any atom is -0.365 e. The zero-order valence-electron chi connectivity index (χ0n) is 11.9. The van der Waals surface area contributed by atoms with Crippen molar-refractivity contribution in [1.82, 2.24) is 9.97 Å². The molecule has 6 nitrogen and oxygen atoms in total. The molecule has 0 bridgehead atoms. The summed E-state index contributed by atoms with van der Waals surface area (Å²) >= 11 is 1.58. The van der Waals surface area contributed by atoms with E-state index in [1.807, 2.05) is 24.4 Å². The molecule has 0 spiro atoms. The standard InChI is InChI=1S/C15H14N4O2S/c1-2-13-17-14(12-6-7-22-15(12)18-13)16-9-10-4-3-5-11(8-10)19(20)21/h3-8H,2,9H2,1H3,(H,16,17,18). The maximum atomic E-state index is 10.8. The van der Waals surface area contributed by atoms with Gasteiger partial charge in [0.1, 0.15) is 16.5 Å². The van der Waals surface area contributed by atoms with E-state index in [2.05, 4.69) is 15.3 Å². The number of aromatic nitrogens is 2. The van der Waals surface area contributed by atoms with Crippen LogP contribution in [0.2, 0.25) is 0 Å². The highest BCUT2D eigenvalue weighted by Gasteiger charge is 2.09. The number of nitro benzene ring substituents is 1. The molecule has 0 saturated heterocycles. The molecule has 0 fully saturated rings. The number of thiophene rings is 1. The first-order valence-electron chi connectivity index (χ1n) is 6.88. The van der Waals surface area contributed by atoms with Crippen molar-refractivity contribution in [2.75, 3.05) is 5.32 Å². The van der Waals surface area contributed by atoms with E-state index in [9.17, 15) is 10.1 Å². The van der Waals surface area contributed by atoms with Gasteiger partial charge in [0.2, 0.25) is 0 Å². The van der Waals surface area contributed by atoms with Gasteiger partial charge in [-0.3, -0.25) is 10.1 Å². The molecule has 22 heavy (non-hydrogen) atoms. The number of rotatable bonds is 5. The average molecular weight is 314 g/mol. The van der Waals surface area contributed by atoms with Gasteiger partial charge in [-0.2, -0.15) is 0 Å². The second-order valence-electron chi connectivity index (χ2n) is 4.76. The molecular weight excluding hydrogens is 300 g/mol. The third-order valence-corrected chi connectivity index (χ3v) is 4.08. The lowest BCUT2D eigenvalue weighted by molar-refractivity contribution is -0.384. The maximum Gasteiger partial charge on any atom is 0.269 e. The summed E-state index contributed by atoms with van der Waals surface area (Å²) in [5.41, 5.74) is 0.936. The van der Waals surface area contributed by atoms with E-state index in [1.165, 1.54) is 6.07 Å². The summed E-state index contributed by atoms with van der Waals surface area (Å²) in [6.45, 7) is 2.49. The van der Waals surface area contributed by atoms with Crippen LogP contribution in [0.25, 0.3) is 10.2 Å². The van der Waals surface area contributed by atoms with Gasteiger partial charge in [0.05, 0.1) is 10.3 Å². The van der Waals surface area contributed by atoms with Crippen LogP contribution in [0.3, 0.4) is 0 Å². The van der Waals surface area contributed by atoms with Crippen molar-refractivity contribution in [2.45, 2.75) is 19.9 Å². The third-order valence-electron chi connectivity index (χ3n) is 3.27. The highest BCUT2D eigenvalue weighted by molar-refractivity contribution is 7.16. The number of nitrogens with one attached hydrogen (secondary N) is 1. The lowest BCUT2D eigenvalue weighted by atomic mass is 10.2. The fraction of sp³-hybridized carbons (Fsp3) is 0.200. The first kappa shape index (κ1) is 14.4. The molecule has 7 heteroatoms. The number of hydrogen-bond acceptors (Lipinski definition) is 6. The highest BCUT2D eigenvalue weighted by Crippen LogP contribution is 2.25. The van der Waals surface area contributed by atoms with Crippen molar-refractivity contribution < 1.29 is 4.92 Å². The molecule has 0 amide bonds. The summed E-state index contributed by atoms with van der Waals surface area (Å²) < 4.78 is 0. The molecule has 0 aliphatic heterocycles. The van der Waals surface area contributed by atoms with Crippen molar-refractivity contribution in [3.05, 3.63) is 57.2 Å². The zero-order valence-corrected chi connectivity index (χ0v) is 12.8. The van der Waals surface area contributed by atoms with E-state index in [4.69, 9.17) is 0 Å². The number of nitrogens with zero attached hydrogens (tertiary/aromatic N) is 3. The number of non-ortho nitro benzene ring substituents is 1. The molecule has 0 atom stereocenters. The van der Waals surface area contributed by atoms with E-state index in [0.717, 1.165) is 33.8 Å². The largest absolute Gasteiger partial charge is 0.365 e. The average Bonchev–Trinajstić information content (AvgIpc) is 3.01. The van der Waals surface area contributed by atoms with Crippen LogP contribution in [-0.2, 0) is 13.0 Å². The summed E-state index contributed by atoms with van der Waals surface area (Å²) in [6.07, 6.45) is 0.763. The molecule has 3 rings (SSSR count). The van der Waals surface area contributed by atoms with E-state index in [-0.39, 0.29) is 10.6 Å². The molecule has 0 aliphatic carbocycles. The van der Waals surface area contributed by atoms with Crippen LogP contribution >= 0.6 is 11.3 Å².